The fourth-order valence-corrected chi connectivity index (χ4v) is 2.06. The third kappa shape index (κ3) is 3.05. The van der Waals surface area contributed by atoms with Crippen LogP contribution < -0.4 is 9.47 Å². The van der Waals surface area contributed by atoms with Gasteiger partial charge in [0.25, 0.3) is 0 Å². The smallest absolute Gasteiger partial charge is 0.346 e. The second-order valence-corrected chi connectivity index (χ2v) is 4.78. The minimum Gasteiger partial charge on any atom is -0.491 e. The van der Waals surface area contributed by atoms with Crippen LogP contribution in [0.3, 0.4) is 0 Å². The summed E-state index contributed by atoms with van der Waals surface area (Å²) >= 11 is 0. The first-order chi connectivity index (χ1) is 10.3. The van der Waals surface area contributed by atoms with Crippen LogP contribution in [0, 0.1) is 31.3 Å². The van der Waals surface area contributed by atoms with E-state index < -0.39 is 34.7 Å². The van der Waals surface area contributed by atoms with Gasteiger partial charge in [-0.25, -0.2) is 13.6 Å². The highest BCUT2D eigenvalue weighted by atomic mass is 19.2. The molecule has 0 saturated carbocycles. The summed E-state index contributed by atoms with van der Waals surface area (Å²) in [5, 5.41) is 0. The molecule has 0 atom stereocenters. The number of halogens is 3. The van der Waals surface area contributed by atoms with Gasteiger partial charge in [-0.15, -0.1) is 0 Å². The summed E-state index contributed by atoms with van der Waals surface area (Å²) in [6.45, 7) is 3.59. The van der Waals surface area contributed by atoms with Gasteiger partial charge in [-0.2, -0.15) is 4.39 Å². The van der Waals surface area contributed by atoms with Crippen molar-refractivity contribution in [1.29, 1.82) is 0 Å². The zero-order chi connectivity index (χ0) is 16.4. The molecule has 116 valence electrons. The molecule has 6 heteroatoms. The lowest BCUT2D eigenvalue weighted by molar-refractivity contribution is 0.0728. The van der Waals surface area contributed by atoms with Crippen LogP contribution in [0.4, 0.5) is 13.2 Å². The zero-order valence-corrected chi connectivity index (χ0v) is 12.2. The summed E-state index contributed by atoms with van der Waals surface area (Å²) in [4.78, 5) is 12.0. The summed E-state index contributed by atoms with van der Waals surface area (Å²) in [5.41, 5.74) is 0.937. The molecular formula is C16H13F3O3. The Bertz CT molecular complexity index is 722. The minimum absolute atomic E-state index is 0.186. The van der Waals surface area contributed by atoms with Gasteiger partial charge in [-0.05, 0) is 43.2 Å². The Morgan fingerprint density at radius 2 is 1.55 bits per heavy atom. The van der Waals surface area contributed by atoms with Gasteiger partial charge in [0.05, 0.1) is 7.11 Å². The van der Waals surface area contributed by atoms with Crippen molar-refractivity contribution in [2.24, 2.45) is 0 Å². The van der Waals surface area contributed by atoms with Crippen LogP contribution in [-0.2, 0) is 0 Å². The standard InChI is InChI=1S/C16H13F3O3/c1-8-4-9(2)6-10(5-8)22-16(20)11-7-12(17)14(19)15(21-3)13(11)18/h4-7H,1-3H3. The maximum Gasteiger partial charge on any atom is 0.346 e. The highest BCUT2D eigenvalue weighted by molar-refractivity contribution is 5.92. The maximum absolute atomic E-state index is 14.0. The Morgan fingerprint density at radius 1 is 0.955 bits per heavy atom. The first kappa shape index (κ1) is 15.9. The van der Waals surface area contributed by atoms with Crippen LogP contribution in [0.1, 0.15) is 21.5 Å². The monoisotopic (exact) mass is 310 g/mol. The number of rotatable bonds is 3. The molecule has 0 spiro atoms. The second kappa shape index (κ2) is 6.09. The predicted molar refractivity (Wildman–Crippen MR) is 73.7 cm³/mol. The van der Waals surface area contributed by atoms with Gasteiger partial charge in [-0.1, -0.05) is 6.07 Å². The average molecular weight is 310 g/mol. The molecule has 0 radical (unpaired) electrons. The third-order valence-electron chi connectivity index (χ3n) is 2.95. The lowest BCUT2D eigenvalue weighted by Crippen LogP contribution is -2.13. The van der Waals surface area contributed by atoms with Crippen molar-refractivity contribution >= 4 is 5.97 Å². The van der Waals surface area contributed by atoms with Crippen molar-refractivity contribution in [2.45, 2.75) is 13.8 Å². The lowest BCUT2D eigenvalue weighted by atomic mass is 10.1. The van der Waals surface area contributed by atoms with E-state index in [0.717, 1.165) is 18.2 Å². The van der Waals surface area contributed by atoms with Gasteiger partial charge in [0.2, 0.25) is 5.82 Å². The second-order valence-electron chi connectivity index (χ2n) is 4.78. The molecule has 2 aromatic rings. The highest BCUT2D eigenvalue weighted by Gasteiger charge is 2.25. The van der Waals surface area contributed by atoms with Gasteiger partial charge in [0.15, 0.2) is 17.4 Å². The summed E-state index contributed by atoms with van der Waals surface area (Å²) < 4.78 is 50.2. The molecule has 0 unspecified atom stereocenters. The van der Waals surface area contributed by atoms with E-state index >= 15 is 0 Å². The minimum atomic E-state index is -1.50. The maximum atomic E-state index is 14.0. The number of esters is 1. The van der Waals surface area contributed by atoms with Crippen LogP contribution in [-0.4, -0.2) is 13.1 Å². The molecule has 2 aromatic carbocycles. The summed E-state index contributed by atoms with van der Waals surface area (Å²) in [5.74, 6) is -6.12. The number of aryl methyl sites for hydroxylation is 2. The summed E-state index contributed by atoms with van der Waals surface area (Å²) in [6.07, 6.45) is 0. The third-order valence-corrected chi connectivity index (χ3v) is 2.95. The number of ether oxygens (including phenoxy) is 2. The van der Waals surface area contributed by atoms with Crippen molar-refractivity contribution in [1.82, 2.24) is 0 Å². The number of carbonyl (C=O) groups excluding carboxylic acids is 1. The number of hydrogen-bond acceptors (Lipinski definition) is 3. The van der Waals surface area contributed by atoms with E-state index in [1.165, 1.54) is 0 Å². The largest absolute Gasteiger partial charge is 0.491 e. The fourth-order valence-electron chi connectivity index (χ4n) is 2.06. The van der Waals surface area contributed by atoms with Crippen LogP contribution >= 0.6 is 0 Å². The summed E-state index contributed by atoms with van der Waals surface area (Å²) in [6, 6.07) is 5.44. The van der Waals surface area contributed by atoms with Crippen molar-refractivity contribution in [2.75, 3.05) is 7.11 Å². The molecule has 0 saturated heterocycles. The van der Waals surface area contributed by atoms with Crippen LogP contribution in [0.5, 0.6) is 11.5 Å². The normalized spacial score (nSPS) is 10.5. The number of hydrogen-bond donors (Lipinski definition) is 0. The molecule has 2 rings (SSSR count). The first-order valence-electron chi connectivity index (χ1n) is 6.35. The van der Waals surface area contributed by atoms with E-state index in [9.17, 15) is 18.0 Å². The molecule has 0 aliphatic rings. The SMILES string of the molecule is COc1c(F)c(F)cc(C(=O)Oc2cc(C)cc(C)c2)c1F. The molecule has 0 N–H and O–H groups in total. The van der Waals surface area contributed by atoms with Crippen LogP contribution in [0.25, 0.3) is 0 Å². The molecule has 0 aliphatic carbocycles. The van der Waals surface area contributed by atoms with Crippen molar-refractivity contribution in [3.8, 4) is 11.5 Å². The topological polar surface area (TPSA) is 35.5 Å². The first-order valence-corrected chi connectivity index (χ1v) is 6.35. The molecule has 0 heterocycles. The van der Waals surface area contributed by atoms with Crippen LogP contribution in [0.15, 0.2) is 24.3 Å². The summed E-state index contributed by atoms with van der Waals surface area (Å²) in [7, 11) is 0.972. The fraction of sp³-hybridized carbons (Fsp3) is 0.188. The Balaban J connectivity index is 2.39. The van der Waals surface area contributed by atoms with Gasteiger partial charge < -0.3 is 9.47 Å². The number of carbonyl (C=O) groups is 1. The number of benzene rings is 2. The molecular weight excluding hydrogens is 297 g/mol. The van der Waals surface area contributed by atoms with Gasteiger partial charge >= 0.3 is 5.97 Å². The molecule has 3 nitrogen and oxygen atoms in total. The number of methoxy groups -OCH3 is 1. The van der Waals surface area contributed by atoms with Crippen molar-refractivity contribution < 1.29 is 27.4 Å². The quantitative estimate of drug-likeness (QED) is 0.489. The lowest BCUT2D eigenvalue weighted by Gasteiger charge is -2.10. The molecule has 0 aromatic heterocycles. The van der Waals surface area contributed by atoms with Gasteiger partial charge in [0, 0.05) is 0 Å². The van der Waals surface area contributed by atoms with Crippen LogP contribution in [0.2, 0.25) is 0 Å². The Kier molecular flexibility index (Phi) is 4.40. The van der Waals surface area contributed by atoms with E-state index in [4.69, 9.17) is 4.74 Å². The van der Waals surface area contributed by atoms with E-state index in [-0.39, 0.29) is 5.75 Å². The van der Waals surface area contributed by atoms with E-state index in [1.54, 1.807) is 26.0 Å². The zero-order valence-electron chi connectivity index (χ0n) is 12.2. The average Bonchev–Trinajstić information content (AvgIpc) is 2.42. The highest BCUT2D eigenvalue weighted by Crippen LogP contribution is 2.28. The van der Waals surface area contributed by atoms with E-state index in [1.807, 2.05) is 6.07 Å². The van der Waals surface area contributed by atoms with E-state index in [0.29, 0.717) is 6.07 Å². The van der Waals surface area contributed by atoms with Crippen molar-refractivity contribution in [3.63, 3.8) is 0 Å². The van der Waals surface area contributed by atoms with Gasteiger partial charge in [-0.3, -0.25) is 0 Å². The Hall–Kier alpha value is -2.50. The molecule has 0 aliphatic heterocycles. The molecule has 0 bridgehead atoms. The molecule has 22 heavy (non-hydrogen) atoms. The molecule has 0 amide bonds. The Labute approximate surface area is 125 Å². The Morgan fingerprint density at radius 3 is 2.09 bits per heavy atom. The predicted octanol–water partition coefficient (Wildman–Crippen LogP) is 3.95. The molecule has 0 fully saturated rings. The van der Waals surface area contributed by atoms with E-state index in [2.05, 4.69) is 4.74 Å². The van der Waals surface area contributed by atoms with Gasteiger partial charge in [0.1, 0.15) is 11.3 Å². The van der Waals surface area contributed by atoms with Crippen molar-refractivity contribution in [3.05, 3.63) is 58.4 Å².